The van der Waals surface area contributed by atoms with Crippen LogP contribution in [0.4, 0.5) is 0 Å². The van der Waals surface area contributed by atoms with Crippen LogP contribution < -0.4 is 0 Å². The second kappa shape index (κ2) is 40.9. The Morgan fingerprint density at radius 3 is 0.860 bits per heavy atom. The SMILES string of the molecule is CC(C)(C)CC(C)(C)c1ccc(-c2cc(-c3ccc(C(C)(C)CC(C)(C)C)cc3)cc(-c3ccc(-c4[c-]cccc4)nc3)c2)cc1.CC(C)(C)c1ccc(-c2cc(-c3ccc(C(C)(C)C)cc3)cc(-c3cc[c-]c(-c4ccccn4)c3)c2)cc1.CC(C)(C)c1ccc(-c2cc(-c3ccc(C(C)(C)C)cc3)cc(-c3cc[c-]c(-c4nccc5ccccc45)c3)c2)cc1.[Ir].[Ir].[Ir]. The van der Waals surface area contributed by atoms with Crippen LogP contribution in [-0.2, 0) is 92.8 Å². The van der Waals surface area contributed by atoms with E-state index in [0.29, 0.717) is 0 Å². The average molecular weight is 2220 g/mol. The number of benzene rings is 13. The molecule has 13 aromatic carbocycles. The molecule has 0 atom stereocenters. The Bertz CT molecular complexity index is 6160. The molecule has 3 heterocycles. The third kappa shape index (κ3) is 25.4. The van der Waals surface area contributed by atoms with E-state index in [1.165, 1.54) is 117 Å². The molecule has 0 aliphatic rings. The average Bonchev–Trinajstić information content (AvgIpc) is 0.796. The summed E-state index contributed by atoms with van der Waals surface area (Å²) in [5.74, 6) is 0. The normalized spacial score (nSPS) is 12.0. The van der Waals surface area contributed by atoms with Crippen LogP contribution in [0.1, 0.15) is 199 Å². The van der Waals surface area contributed by atoms with Crippen molar-refractivity contribution in [2.45, 2.75) is 198 Å². The number of fused-ring (bicyclic) bond motifs is 1. The summed E-state index contributed by atoms with van der Waals surface area (Å²) in [4.78, 5) is 14.1. The number of aromatic nitrogens is 3. The molecule has 16 aromatic rings. The first-order valence-electron chi connectivity index (χ1n) is 45.0. The summed E-state index contributed by atoms with van der Waals surface area (Å²) in [5, 5.41) is 2.32. The van der Waals surface area contributed by atoms with Gasteiger partial charge in [0.2, 0.25) is 0 Å². The summed E-state index contributed by atoms with van der Waals surface area (Å²) >= 11 is 0. The van der Waals surface area contributed by atoms with Gasteiger partial charge < -0.3 is 15.0 Å². The van der Waals surface area contributed by atoms with Gasteiger partial charge in [-0.15, -0.1) is 107 Å². The predicted octanol–water partition coefficient (Wildman–Crippen LogP) is 34.4. The van der Waals surface area contributed by atoms with Crippen LogP contribution in [0.5, 0.6) is 0 Å². The van der Waals surface area contributed by atoms with Crippen molar-refractivity contribution in [1.82, 2.24) is 15.0 Å². The molecule has 0 saturated carbocycles. The van der Waals surface area contributed by atoms with E-state index in [2.05, 4.69) is 448 Å². The Labute approximate surface area is 813 Å². The van der Waals surface area contributed by atoms with Crippen molar-refractivity contribution in [1.29, 1.82) is 0 Å². The summed E-state index contributed by atoms with van der Waals surface area (Å²) in [6.45, 7) is 50.5. The van der Waals surface area contributed by atoms with Gasteiger partial charge in [-0.25, -0.2) is 0 Å². The topological polar surface area (TPSA) is 38.7 Å². The van der Waals surface area contributed by atoms with E-state index in [-0.39, 0.29) is 104 Å². The second-order valence-corrected chi connectivity index (χ2v) is 42.4. The third-order valence-electron chi connectivity index (χ3n) is 24.3. The van der Waals surface area contributed by atoms with Crippen molar-refractivity contribution in [3.05, 3.63) is 392 Å². The Morgan fingerprint density at radius 1 is 0.217 bits per heavy atom. The van der Waals surface area contributed by atoms with Crippen molar-refractivity contribution >= 4 is 10.8 Å². The first-order valence-corrected chi connectivity index (χ1v) is 45.0. The summed E-state index contributed by atoms with van der Waals surface area (Å²) in [6.07, 6.45) is 7.97. The molecule has 3 aromatic heterocycles. The fraction of sp³-hybridized carbons (Fsp3) is 0.260. The van der Waals surface area contributed by atoms with Gasteiger partial charge >= 0.3 is 0 Å². The summed E-state index contributed by atoms with van der Waals surface area (Å²) in [6, 6.07) is 127. The van der Waals surface area contributed by atoms with Gasteiger partial charge in [0.15, 0.2) is 0 Å². The Kier molecular flexibility index (Phi) is 31.4. The van der Waals surface area contributed by atoms with Gasteiger partial charge in [0, 0.05) is 78.9 Å². The van der Waals surface area contributed by atoms with Crippen LogP contribution in [0, 0.1) is 29.0 Å². The zero-order valence-electron chi connectivity index (χ0n) is 79.6. The molecule has 129 heavy (non-hydrogen) atoms. The van der Waals surface area contributed by atoms with E-state index in [0.717, 1.165) is 74.3 Å². The van der Waals surface area contributed by atoms with Gasteiger partial charge in [-0.3, -0.25) is 0 Å². The molecule has 663 valence electrons. The van der Waals surface area contributed by atoms with Crippen molar-refractivity contribution in [2.75, 3.05) is 0 Å². The molecule has 0 aliphatic carbocycles. The van der Waals surface area contributed by atoms with Gasteiger partial charge in [-0.05, 0) is 273 Å². The zero-order valence-corrected chi connectivity index (χ0v) is 86.8. The Morgan fingerprint density at radius 2 is 0.527 bits per heavy atom. The molecule has 3 nitrogen and oxygen atoms in total. The van der Waals surface area contributed by atoms with Crippen LogP contribution in [0.2, 0.25) is 0 Å². The van der Waals surface area contributed by atoms with Gasteiger partial charge in [-0.2, -0.15) is 0 Å². The van der Waals surface area contributed by atoms with E-state index in [9.17, 15) is 0 Å². The van der Waals surface area contributed by atoms with Crippen LogP contribution in [-0.4, -0.2) is 15.0 Å². The molecule has 6 heteroatoms. The second-order valence-electron chi connectivity index (χ2n) is 42.4. The smallest absolute Gasteiger partial charge is 0.0239 e. The third-order valence-corrected chi connectivity index (χ3v) is 24.3. The van der Waals surface area contributed by atoms with Crippen LogP contribution in [0.3, 0.4) is 0 Å². The van der Waals surface area contributed by atoms with Crippen LogP contribution >= 0.6 is 0 Å². The molecule has 0 amide bonds. The molecule has 0 bridgehead atoms. The molecule has 0 spiro atoms. The number of hydrogen-bond acceptors (Lipinski definition) is 3. The van der Waals surface area contributed by atoms with E-state index < -0.39 is 0 Å². The Balaban J connectivity index is 0.000000186. The van der Waals surface area contributed by atoms with E-state index in [4.69, 9.17) is 9.97 Å². The quantitative estimate of drug-likeness (QED) is 0.0905. The molecule has 16 rings (SSSR count). The standard InChI is InChI=1S/C45H52N.C41H38N.C37H36N.3Ir/c1-42(2,3)30-44(7,8)39-21-16-32(17-22-39)36-26-37(33-18-23-40(24-19-33)45(9,10)31-43(4,5)6)28-38(27-36)35-20-25-41(46-29-35)34-14-12-11-13-15-34;1-40(2,3)36-18-14-28(15-19-36)33-25-34(29-16-20-37(21-17-29)41(4,5)6)27-35(26-33)31-11-9-12-32(24-31)39-38-13-8-7-10-30(38)22-23-42-39;1-36(2,3)33-17-13-26(14-18-33)30-23-31(27-15-19-34(20-16-27)37(4,5)6)25-32(24-30)28-10-9-11-29(22-28)35-12-7-8-21-38-35;;;/h11-14,16-29H,30-31H2,1-10H3;7-11,13-27H,1-6H3;7-10,12-25H,1-6H3;;;/q3*-1;;;. The van der Waals surface area contributed by atoms with Crippen molar-refractivity contribution < 1.29 is 60.3 Å². The molecular formula is C123H126Ir3N3-3. The Hall–Kier alpha value is -10.5. The van der Waals surface area contributed by atoms with E-state index in [1.807, 2.05) is 67.1 Å². The van der Waals surface area contributed by atoms with Crippen LogP contribution in [0.25, 0.3) is 145 Å². The van der Waals surface area contributed by atoms with Crippen LogP contribution in [0.15, 0.2) is 340 Å². The number of hydrogen-bond donors (Lipinski definition) is 0. The maximum atomic E-state index is 4.83. The number of pyridine rings is 3. The molecule has 3 radical (unpaired) electrons. The van der Waals surface area contributed by atoms with Gasteiger partial charge in [0.25, 0.3) is 0 Å². The van der Waals surface area contributed by atoms with Crippen molar-refractivity contribution in [2.24, 2.45) is 10.8 Å². The van der Waals surface area contributed by atoms with Crippen molar-refractivity contribution in [3.8, 4) is 134 Å². The minimum atomic E-state index is 0. The number of nitrogens with zero attached hydrogens (tertiary/aromatic N) is 3. The molecule has 0 N–H and O–H groups in total. The van der Waals surface area contributed by atoms with Gasteiger partial charge in [0.1, 0.15) is 0 Å². The van der Waals surface area contributed by atoms with E-state index in [1.54, 1.807) is 0 Å². The predicted molar refractivity (Wildman–Crippen MR) is 541 cm³/mol. The van der Waals surface area contributed by atoms with Gasteiger partial charge in [0.05, 0.1) is 0 Å². The first-order chi connectivity index (χ1) is 59.6. The molecule has 0 aliphatic heterocycles. The summed E-state index contributed by atoms with van der Waals surface area (Å²) < 4.78 is 0. The largest absolute Gasteiger partial charge is 0.305 e. The fourth-order valence-corrected chi connectivity index (χ4v) is 17.8. The van der Waals surface area contributed by atoms with E-state index >= 15 is 0 Å². The maximum Gasteiger partial charge on any atom is 0.0239 e. The molecule has 0 fully saturated rings. The minimum Gasteiger partial charge on any atom is -0.305 e. The number of rotatable bonds is 16. The van der Waals surface area contributed by atoms with Gasteiger partial charge in [-0.1, -0.05) is 346 Å². The molecule has 0 unspecified atom stereocenters. The first kappa shape index (κ1) is 99.1. The maximum absolute atomic E-state index is 4.83. The molecule has 0 saturated heterocycles. The zero-order chi connectivity index (χ0) is 89.7. The summed E-state index contributed by atoms with van der Waals surface area (Å²) in [7, 11) is 0. The fourth-order valence-electron chi connectivity index (χ4n) is 17.8. The molecular weight excluding hydrogens is 2100 g/mol. The minimum absolute atomic E-state index is 0. The van der Waals surface area contributed by atoms with Crippen molar-refractivity contribution in [3.63, 3.8) is 0 Å². The monoisotopic (exact) mass is 2220 g/mol. The summed E-state index contributed by atoms with van der Waals surface area (Å²) in [5.41, 5.74) is 36.7.